The minimum atomic E-state index is -3.20. The van der Waals surface area contributed by atoms with Crippen molar-refractivity contribution in [1.82, 2.24) is 21.0 Å². The number of alkyl halides is 2. The number of rotatable bonds is 6. The Morgan fingerprint density at radius 3 is 2.45 bits per heavy atom. The van der Waals surface area contributed by atoms with Crippen LogP contribution in [0.15, 0.2) is 0 Å². The molecule has 0 unspecified atom stereocenters. The van der Waals surface area contributed by atoms with E-state index in [0.717, 1.165) is 6.42 Å². The first kappa shape index (κ1) is 21.2. The Labute approximate surface area is 167 Å². The van der Waals surface area contributed by atoms with Crippen LogP contribution in [-0.2, 0) is 14.4 Å². The molecular weight excluding hydrogens is 388 g/mol. The SMILES string of the molecule is CC(F)(F)C[C@H](NC(=O)ON1CCC2(CCNC2=O)CC1)C(=O)NC1(C#N)CC1. The Hall–Kier alpha value is -2.48. The largest absolute Gasteiger partial charge is 0.426 e. The van der Waals surface area contributed by atoms with Gasteiger partial charge in [0.25, 0.3) is 0 Å². The lowest BCUT2D eigenvalue weighted by molar-refractivity contribution is -0.148. The summed E-state index contributed by atoms with van der Waals surface area (Å²) >= 11 is 0. The van der Waals surface area contributed by atoms with Gasteiger partial charge in [0, 0.05) is 26.1 Å². The Morgan fingerprint density at radius 1 is 1.31 bits per heavy atom. The first-order valence-corrected chi connectivity index (χ1v) is 9.69. The second-order valence-corrected chi connectivity index (χ2v) is 8.25. The summed E-state index contributed by atoms with van der Waals surface area (Å²) in [5.74, 6) is -4.04. The predicted molar refractivity (Wildman–Crippen MR) is 95.2 cm³/mol. The highest BCUT2D eigenvalue weighted by atomic mass is 19.3. The lowest BCUT2D eigenvalue weighted by atomic mass is 9.77. The van der Waals surface area contributed by atoms with Crippen LogP contribution in [0.4, 0.5) is 13.6 Å². The van der Waals surface area contributed by atoms with Crippen LogP contribution in [0, 0.1) is 16.7 Å². The van der Waals surface area contributed by atoms with Crippen molar-refractivity contribution in [1.29, 1.82) is 5.26 Å². The number of carbonyl (C=O) groups excluding carboxylic acids is 3. The number of nitriles is 1. The summed E-state index contributed by atoms with van der Waals surface area (Å²) in [6, 6.07) is 0.406. The maximum Gasteiger partial charge on any atom is 0.426 e. The molecule has 2 saturated heterocycles. The van der Waals surface area contributed by atoms with Crippen LogP contribution in [-0.4, -0.2) is 60.1 Å². The highest BCUT2D eigenvalue weighted by molar-refractivity contribution is 5.87. The molecule has 3 fully saturated rings. The molecule has 2 heterocycles. The van der Waals surface area contributed by atoms with Crippen molar-refractivity contribution in [3.8, 4) is 6.07 Å². The third-order valence-electron chi connectivity index (χ3n) is 5.76. The monoisotopic (exact) mass is 413 g/mol. The first-order chi connectivity index (χ1) is 13.6. The van der Waals surface area contributed by atoms with Gasteiger partial charge in [-0.15, -0.1) is 5.06 Å². The van der Waals surface area contributed by atoms with E-state index in [-0.39, 0.29) is 5.91 Å². The molecule has 3 aliphatic rings. The number of hydroxylamine groups is 2. The maximum absolute atomic E-state index is 13.5. The Morgan fingerprint density at radius 2 is 1.97 bits per heavy atom. The van der Waals surface area contributed by atoms with E-state index in [4.69, 9.17) is 10.1 Å². The van der Waals surface area contributed by atoms with Gasteiger partial charge in [-0.2, -0.15) is 5.26 Å². The van der Waals surface area contributed by atoms with Crippen LogP contribution >= 0.6 is 0 Å². The van der Waals surface area contributed by atoms with Gasteiger partial charge in [-0.25, -0.2) is 13.6 Å². The van der Waals surface area contributed by atoms with Crippen LogP contribution < -0.4 is 16.0 Å². The van der Waals surface area contributed by atoms with Crippen LogP contribution in [0.3, 0.4) is 0 Å². The molecule has 29 heavy (non-hydrogen) atoms. The summed E-state index contributed by atoms with van der Waals surface area (Å²) in [6.45, 7) is 1.94. The van der Waals surface area contributed by atoms with Crippen molar-refractivity contribution in [2.24, 2.45) is 5.41 Å². The molecule has 3 N–H and O–H groups in total. The van der Waals surface area contributed by atoms with Gasteiger partial charge >= 0.3 is 6.09 Å². The normalized spacial score (nSPS) is 23.6. The van der Waals surface area contributed by atoms with Crippen molar-refractivity contribution < 1.29 is 28.0 Å². The summed E-state index contributed by atoms with van der Waals surface area (Å²) in [5.41, 5.74) is -1.47. The van der Waals surface area contributed by atoms with Gasteiger partial charge in [-0.05, 0) is 39.0 Å². The van der Waals surface area contributed by atoms with Gasteiger partial charge in [0.1, 0.15) is 11.6 Å². The number of hydrogen-bond donors (Lipinski definition) is 3. The van der Waals surface area contributed by atoms with Crippen molar-refractivity contribution in [2.45, 2.75) is 63.0 Å². The molecule has 0 aromatic heterocycles. The first-order valence-electron chi connectivity index (χ1n) is 9.69. The number of nitrogens with one attached hydrogen (secondary N) is 3. The van der Waals surface area contributed by atoms with Crippen LogP contribution in [0.5, 0.6) is 0 Å². The Balaban J connectivity index is 1.53. The maximum atomic E-state index is 13.5. The summed E-state index contributed by atoms with van der Waals surface area (Å²) in [7, 11) is 0. The van der Waals surface area contributed by atoms with Gasteiger partial charge in [-0.3, -0.25) is 9.59 Å². The molecule has 9 nitrogen and oxygen atoms in total. The summed E-state index contributed by atoms with van der Waals surface area (Å²) in [4.78, 5) is 41.7. The van der Waals surface area contributed by atoms with E-state index in [1.165, 1.54) is 5.06 Å². The lowest BCUT2D eigenvalue weighted by Crippen LogP contribution is -2.53. The molecule has 0 radical (unpaired) electrons. The van der Waals surface area contributed by atoms with E-state index >= 15 is 0 Å². The van der Waals surface area contributed by atoms with Crippen molar-refractivity contribution in [2.75, 3.05) is 19.6 Å². The Bertz CT molecular complexity index is 721. The fourth-order valence-electron chi connectivity index (χ4n) is 3.77. The van der Waals surface area contributed by atoms with E-state index < -0.39 is 41.3 Å². The second-order valence-electron chi connectivity index (χ2n) is 8.25. The zero-order valence-electron chi connectivity index (χ0n) is 16.2. The molecular formula is C18H25F2N5O4. The van der Waals surface area contributed by atoms with Crippen LogP contribution in [0.25, 0.3) is 0 Å². The van der Waals surface area contributed by atoms with Crippen molar-refractivity contribution in [3.05, 3.63) is 0 Å². The smallest absolute Gasteiger partial charge is 0.356 e. The molecule has 0 aromatic carbocycles. The highest BCUT2D eigenvalue weighted by Crippen LogP contribution is 2.38. The van der Waals surface area contributed by atoms with Gasteiger partial charge in [0.2, 0.25) is 17.7 Å². The van der Waals surface area contributed by atoms with Gasteiger partial charge in [0.05, 0.1) is 11.5 Å². The number of piperidine rings is 1. The van der Waals surface area contributed by atoms with Crippen LogP contribution in [0.1, 0.15) is 45.4 Å². The fourth-order valence-corrected chi connectivity index (χ4v) is 3.77. The molecule has 3 amide bonds. The summed E-state index contributed by atoms with van der Waals surface area (Å²) in [6.07, 6.45) is 0.722. The zero-order chi connectivity index (χ0) is 21.3. The van der Waals surface area contributed by atoms with Crippen molar-refractivity contribution in [3.63, 3.8) is 0 Å². The molecule has 2 aliphatic heterocycles. The molecule has 11 heteroatoms. The standard InChI is InChI=1S/C18H25F2N5O4/c1-16(19,20)10-12(13(26)24-18(11-21)2-3-18)23-15(28)29-25-8-5-17(6-9-25)4-7-22-14(17)27/h12H,2-10H2,1H3,(H,22,27)(H,23,28)(H,24,26)/t12-/m0/s1. The lowest BCUT2D eigenvalue weighted by Gasteiger charge is -2.36. The number of carbonyl (C=O) groups is 3. The number of halogens is 2. The van der Waals surface area contributed by atoms with E-state index in [1.807, 2.05) is 6.07 Å². The molecule has 1 aliphatic carbocycles. The molecule has 0 bridgehead atoms. The average molecular weight is 413 g/mol. The molecule has 1 spiro atoms. The third-order valence-corrected chi connectivity index (χ3v) is 5.76. The minimum absolute atomic E-state index is 0.00927. The van der Waals surface area contributed by atoms with E-state index in [9.17, 15) is 23.2 Å². The van der Waals surface area contributed by atoms with E-state index in [2.05, 4.69) is 16.0 Å². The van der Waals surface area contributed by atoms with E-state index in [1.54, 1.807) is 0 Å². The summed E-state index contributed by atoms with van der Waals surface area (Å²) < 4.78 is 27.0. The average Bonchev–Trinajstić information content (AvgIpc) is 3.33. The van der Waals surface area contributed by atoms with Gasteiger partial charge in [-0.1, -0.05) is 0 Å². The molecule has 1 atom stereocenters. The summed E-state index contributed by atoms with van der Waals surface area (Å²) in [5, 5.41) is 17.8. The highest BCUT2D eigenvalue weighted by Gasteiger charge is 2.47. The third kappa shape index (κ3) is 5.12. The molecule has 0 aromatic rings. The van der Waals surface area contributed by atoms with Gasteiger partial charge < -0.3 is 20.8 Å². The second kappa shape index (κ2) is 7.74. The molecule has 160 valence electrons. The molecule has 1 saturated carbocycles. The predicted octanol–water partition coefficient (Wildman–Crippen LogP) is 0.816. The Kier molecular flexibility index (Phi) is 5.67. The van der Waals surface area contributed by atoms with Crippen LogP contribution in [0.2, 0.25) is 0 Å². The number of amides is 3. The van der Waals surface area contributed by atoms with Crippen molar-refractivity contribution >= 4 is 17.9 Å². The quantitative estimate of drug-likeness (QED) is 0.592. The van der Waals surface area contributed by atoms with E-state index in [0.29, 0.717) is 52.2 Å². The number of hydrogen-bond acceptors (Lipinski definition) is 6. The molecule has 3 rings (SSSR count). The number of nitrogens with zero attached hydrogens (tertiary/aromatic N) is 2. The zero-order valence-corrected chi connectivity index (χ0v) is 16.2. The topological polar surface area (TPSA) is 124 Å². The van der Waals surface area contributed by atoms with Gasteiger partial charge in [0.15, 0.2) is 0 Å². The minimum Gasteiger partial charge on any atom is -0.356 e. The fraction of sp³-hybridized carbons (Fsp3) is 0.778.